The minimum Gasteiger partial charge on any atom is -0.365 e. The third-order valence-corrected chi connectivity index (χ3v) is 2.91. The van der Waals surface area contributed by atoms with Crippen molar-refractivity contribution in [3.8, 4) is 5.82 Å². The Morgan fingerprint density at radius 3 is 2.72 bits per heavy atom. The van der Waals surface area contributed by atoms with Gasteiger partial charge >= 0.3 is 0 Å². The van der Waals surface area contributed by atoms with Crippen LogP contribution in [0.1, 0.15) is 16.1 Å². The van der Waals surface area contributed by atoms with Crippen LogP contribution in [0.5, 0.6) is 0 Å². The lowest BCUT2D eigenvalue weighted by Crippen LogP contribution is -2.30. The average Bonchev–Trinajstić information content (AvgIpc) is 2.35. The van der Waals surface area contributed by atoms with Gasteiger partial charge in [0.15, 0.2) is 0 Å². The summed E-state index contributed by atoms with van der Waals surface area (Å²) in [5.41, 5.74) is 4.97. The van der Waals surface area contributed by atoms with Gasteiger partial charge in [-0.3, -0.25) is 14.2 Å². The van der Waals surface area contributed by atoms with Gasteiger partial charge in [-0.2, -0.15) is 0 Å². The number of nitrogens with zero attached hydrogens (tertiary/aromatic N) is 2. The van der Waals surface area contributed by atoms with E-state index in [4.69, 9.17) is 17.3 Å². The summed E-state index contributed by atoms with van der Waals surface area (Å²) in [5, 5.41) is 0.286. The normalized spacial score (nSPS) is 10.3. The highest BCUT2D eigenvalue weighted by Crippen LogP contribution is 2.16. The zero-order valence-electron chi connectivity index (χ0n) is 9.55. The molecule has 0 atom stereocenters. The quantitative estimate of drug-likeness (QED) is 0.887. The second kappa shape index (κ2) is 4.62. The molecule has 2 aromatic heterocycles. The molecule has 0 fully saturated rings. The second-order valence-electron chi connectivity index (χ2n) is 3.68. The van der Waals surface area contributed by atoms with E-state index in [9.17, 15) is 9.59 Å². The smallest absolute Gasteiger partial charge is 0.269 e. The van der Waals surface area contributed by atoms with Crippen molar-refractivity contribution in [3.05, 3.63) is 57.1 Å². The Hall–Kier alpha value is -2.14. The highest BCUT2D eigenvalue weighted by Gasteiger charge is 2.15. The standard InChI is InChI=1S/C12H10ClN3O2/c1-7-9(13)6-8(11(14)17)12(18)16(7)10-4-2-3-5-15-10/h2-6H,1H3,(H2,14,17). The summed E-state index contributed by atoms with van der Waals surface area (Å²) in [7, 11) is 0. The van der Waals surface area contributed by atoms with E-state index in [2.05, 4.69) is 4.98 Å². The fourth-order valence-corrected chi connectivity index (χ4v) is 1.80. The van der Waals surface area contributed by atoms with E-state index in [0.717, 1.165) is 0 Å². The Bertz CT molecular complexity index is 665. The molecular formula is C12H10ClN3O2. The van der Waals surface area contributed by atoms with Gasteiger partial charge in [0, 0.05) is 11.9 Å². The number of pyridine rings is 2. The Balaban J connectivity index is 2.82. The molecule has 0 unspecified atom stereocenters. The molecule has 0 spiro atoms. The van der Waals surface area contributed by atoms with Crippen LogP contribution in [-0.4, -0.2) is 15.5 Å². The first-order valence-corrected chi connectivity index (χ1v) is 5.53. The minimum absolute atomic E-state index is 0.156. The van der Waals surface area contributed by atoms with Gasteiger partial charge < -0.3 is 5.73 Å². The molecule has 0 aliphatic heterocycles. The minimum atomic E-state index is -0.813. The number of halogens is 1. The maximum Gasteiger partial charge on any atom is 0.269 e. The highest BCUT2D eigenvalue weighted by atomic mass is 35.5. The molecule has 6 heteroatoms. The van der Waals surface area contributed by atoms with Crippen molar-refractivity contribution in [1.82, 2.24) is 9.55 Å². The molecule has 2 rings (SSSR count). The zero-order valence-corrected chi connectivity index (χ0v) is 10.3. The molecule has 0 aliphatic rings. The van der Waals surface area contributed by atoms with E-state index < -0.39 is 11.5 Å². The second-order valence-corrected chi connectivity index (χ2v) is 4.09. The Labute approximate surface area is 108 Å². The summed E-state index contributed by atoms with van der Waals surface area (Å²) in [4.78, 5) is 27.4. The Kier molecular flexibility index (Phi) is 3.16. The van der Waals surface area contributed by atoms with Gasteiger partial charge in [-0.05, 0) is 25.1 Å². The molecule has 2 aromatic rings. The van der Waals surface area contributed by atoms with Crippen molar-refractivity contribution in [3.63, 3.8) is 0 Å². The number of hydrogen-bond donors (Lipinski definition) is 1. The number of primary amides is 1. The van der Waals surface area contributed by atoms with Gasteiger partial charge in [0.2, 0.25) is 0 Å². The van der Waals surface area contributed by atoms with Gasteiger partial charge in [0.05, 0.1) is 5.02 Å². The topological polar surface area (TPSA) is 78.0 Å². The molecule has 0 saturated carbocycles. The van der Waals surface area contributed by atoms with E-state index >= 15 is 0 Å². The number of hydrogen-bond acceptors (Lipinski definition) is 3. The van der Waals surface area contributed by atoms with E-state index in [0.29, 0.717) is 11.5 Å². The van der Waals surface area contributed by atoms with Crippen molar-refractivity contribution < 1.29 is 4.79 Å². The van der Waals surface area contributed by atoms with Crippen LogP contribution in [0, 0.1) is 6.92 Å². The van der Waals surface area contributed by atoms with Crippen molar-refractivity contribution in [1.29, 1.82) is 0 Å². The van der Waals surface area contributed by atoms with Gasteiger partial charge in [0.1, 0.15) is 11.4 Å². The van der Waals surface area contributed by atoms with Crippen molar-refractivity contribution in [2.24, 2.45) is 5.73 Å². The first-order valence-electron chi connectivity index (χ1n) is 5.15. The number of carbonyl (C=O) groups is 1. The van der Waals surface area contributed by atoms with E-state index in [1.807, 2.05) is 0 Å². The molecule has 2 N–H and O–H groups in total. The molecule has 5 nitrogen and oxygen atoms in total. The van der Waals surface area contributed by atoms with Crippen molar-refractivity contribution in [2.75, 3.05) is 0 Å². The molecule has 0 aromatic carbocycles. The number of aromatic nitrogens is 2. The zero-order chi connectivity index (χ0) is 13.3. The van der Waals surface area contributed by atoms with Crippen LogP contribution >= 0.6 is 11.6 Å². The maximum atomic E-state index is 12.1. The van der Waals surface area contributed by atoms with Gasteiger partial charge in [-0.25, -0.2) is 4.98 Å². The molecule has 1 amide bonds. The number of nitrogens with two attached hydrogens (primary N) is 1. The lowest BCUT2D eigenvalue weighted by Gasteiger charge is -2.11. The largest absolute Gasteiger partial charge is 0.365 e. The van der Waals surface area contributed by atoms with Crippen LogP contribution in [0.15, 0.2) is 35.3 Å². The maximum absolute atomic E-state index is 12.1. The third-order valence-electron chi connectivity index (χ3n) is 2.53. The fraction of sp³-hybridized carbons (Fsp3) is 0.0833. The number of amides is 1. The Morgan fingerprint density at radius 2 is 2.17 bits per heavy atom. The average molecular weight is 264 g/mol. The number of carbonyl (C=O) groups excluding carboxylic acids is 1. The molecule has 92 valence electrons. The molecule has 0 bridgehead atoms. The molecule has 18 heavy (non-hydrogen) atoms. The van der Waals surface area contributed by atoms with Crippen LogP contribution in [0.25, 0.3) is 5.82 Å². The lowest BCUT2D eigenvalue weighted by atomic mass is 10.2. The highest BCUT2D eigenvalue weighted by molar-refractivity contribution is 6.31. The van der Waals surface area contributed by atoms with E-state index in [-0.39, 0.29) is 10.6 Å². The van der Waals surface area contributed by atoms with Crippen molar-refractivity contribution >= 4 is 17.5 Å². The molecule has 0 aliphatic carbocycles. The van der Waals surface area contributed by atoms with Gasteiger partial charge in [-0.1, -0.05) is 17.7 Å². The molecule has 2 heterocycles. The summed E-state index contributed by atoms with van der Waals surface area (Å²) >= 11 is 5.99. The van der Waals surface area contributed by atoms with Crippen molar-refractivity contribution in [2.45, 2.75) is 6.92 Å². The summed E-state index contributed by atoms with van der Waals surface area (Å²) in [6, 6.07) is 6.39. The summed E-state index contributed by atoms with van der Waals surface area (Å²) in [6.45, 7) is 1.67. The van der Waals surface area contributed by atoms with Crippen LogP contribution in [-0.2, 0) is 0 Å². The van der Waals surface area contributed by atoms with Gasteiger partial charge in [-0.15, -0.1) is 0 Å². The first kappa shape index (κ1) is 12.3. The fourth-order valence-electron chi connectivity index (χ4n) is 1.61. The van der Waals surface area contributed by atoms with Crippen LogP contribution in [0.3, 0.4) is 0 Å². The van der Waals surface area contributed by atoms with E-state index in [1.54, 1.807) is 31.3 Å². The van der Waals surface area contributed by atoms with Crippen LogP contribution < -0.4 is 11.3 Å². The predicted octanol–water partition coefficient (Wildman–Crippen LogP) is 1.29. The molecular weight excluding hydrogens is 254 g/mol. The molecule has 0 saturated heterocycles. The van der Waals surface area contributed by atoms with Gasteiger partial charge in [0.25, 0.3) is 11.5 Å². The Morgan fingerprint density at radius 1 is 1.44 bits per heavy atom. The number of rotatable bonds is 2. The van der Waals surface area contributed by atoms with E-state index in [1.165, 1.54) is 10.6 Å². The monoisotopic (exact) mass is 263 g/mol. The summed E-state index contributed by atoms with van der Waals surface area (Å²) in [5.74, 6) is -0.420. The lowest BCUT2D eigenvalue weighted by molar-refractivity contribution is 0.0998. The third kappa shape index (κ3) is 2.00. The predicted molar refractivity (Wildman–Crippen MR) is 68.1 cm³/mol. The van der Waals surface area contributed by atoms with Crippen LogP contribution in [0.4, 0.5) is 0 Å². The van der Waals surface area contributed by atoms with Crippen LogP contribution in [0.2, 0.25) is 5.02 Å². The first-order chi connectivity index (χ1) is 8.52. The molecule has 0 radical (unpaired) electrons. The summed E-state index contributed by atoms with van der Waals surface area (Å²) < 4.78 is 1.27. The SMILES string of the molecule is Cc1c(Cl)cc(C(N)=O)c(=O)n1-c1ccccn1. The summed E-state index contributed by atoms with van der Waals surface area (Å²) in [6.07, 6.45) is 1.55.